The van der Waals surface area contributed by atoms with Gasteiger partial charge < -0.3 is 10.2 Å². The van der Waals surface area contributed by atoms with Crippen LogP contribution in [-0.4, -0.2) is 16.2 Å². The minimum atomic E-state index is -1.33. The summed E-state index contributed by atoms with van der Waals surface area (Å²) in [5, 5.41) is 19.7. The predicted octanol–water partition coefficient (Wildman–Crippen LogP) is 2.62. The molecule has 0 aliphatic carbocycles. The molecule has 94 valence electrons. The topological polar surface area (TPSA) is 57.5 Å². The third kappa shape index (κ3) is 2.67. The average Bonchev–Trinajstić information content (AvgIpc) is 2.16. The number of carboxylic acids is 1. The van der Waals surface area contributed by atoms with E-state index in [1.54, 1.807) is 13.8 Å². The van der Waals surface area contributed by atoms with E-state index in [0.717, 1.165) is 11.1 Å². The molecule has 0 bridgehead atoms. The number of carbonyl (C=O) groups is 1. The molecule has 0 fully saturated rings. The summed E-state index contributed by atoms with van der Waals surface area (Å²) in [7, 11) is 0. The van der Waals surface area contributed by atoms with Crippen molar-refractivity contribution in [2.45, 2.75) is 39.7 Å². The van der Waals surface area contributed by atoms with Crippen LogP contribution in [-0.2, 0) is 10.4 Å². The Morgan fingerprint density at radius 1 is 1.41 bits per heavy atom. The highest BCUT2D eigenvalue weighted by molar-refractivity contribution is 5.72. The van der Waals surface area contributed by atoms with Gasteiger partial charge in [0, 0.05) is 0 Å². The van der Waals surface area contributed by atoms with Gasteiger partial charge in [0.05, 0.1) is 5.92 Å². The second kappa shape index (κ2) is 4.88. The second-order valence-electron chi connectivity index (χ2n) is 4.76. The van der Waals surface area contributed by atoms with Gasteiger partial charge in [0.15, 0.2) is 0 Å². The van der Waals surface area contributed by atoms with Gasteiger partial charge in [0.25, 0.3) is 0 Å². The summed E-state index contributed by atoms with van der Waals surface area (Å²) < 4.78 is 0. The molecule has 1 aromatic carbocycles. The Morgan fingerprint density at radius 3 is 2.41 bits per heavy atom. The second-order valence-corrected chi connectivity index (χ2v) is 4.76. The zero-order valence-corrected chi connectivity index (χ0v) is 10.8. The Hall–Kier alpha value is -1.35. The van der Waals surface area contributed by atoms with Crippen LogP contribution < -0.4 is 0 Å². The van der Waals surface area contributed by atoms with Crippen LogP contribution in [0.4, 0.5) is 0 Å². The van der Waals surface area contributed by atoms with Gasteiger partial charge in [0.1, 0.15) is 5.60 Å². The van der Waals surface area contributed by atoms with E-state index in [-0.39, 0.29) is 0 Å². The summed E-state index contributed by atoms with van der Waals surface area (Å²) in [6.07, 6.45) is 0.398. The predicted molar refractivity (Wildman–Crippen MR) is 66.9 cm³/mol. The maximum atomic E-state index is 11.2. The average molecular weight is 236 g/mol. The van der Waals surface area contributed by atoms with E-state index >= 15 is 0 Å². The van der Waals surface area contributed by atoms with Crippen molar-refractivity contribution in [2.75, 3.05) is 0 Å². The van der Waals surface area contributed by atoms with Crippen LogP contribution in [0.3, 0.4) is 0 Å². The summed E-state index contributed by atoms with van der Waals surface area (Å²) in [4.78, 5) is 11.2. The van der Waals surface area contributed by atoms with E-state index in [9.17, 15) is 9.90 Å². The number of aryl methyl sites for hydroxylation is 2. The Morgan fingerprint density at radius 2 is 2.00 bits per heavy atom. The van der Waals surface area contributed by atoms with Gasteiger partial charge >= 0.3 is 5.97 Å². The lowest BCUT2D eigenvalue weighted by atomic mass is 9.79. The minimum Gasteiger partial charge on any atom is -0.481 e. The Balaban J connectivity index is 3.24. The van der Waals surface area contributed by atoms with Crippen molar-refractivity contribution in [3.63, 3.8) is 0 Å². The van der Waals surface area contributed by atoms with Crippen molar-refractivity contribution in [1.29, 1.82) is 0 Å². The van der Waals surface area contributed by atoms with E-state index < -0.39 is 17.5 Å². The molecule has 0 aromatic heterocycles. The summed E-state index contributed by atoms with van der Waals surface area (Å²) in [6.45, 7) is 7.22. The van der Waals surface area contributed by atoms with Crippen molar-refractivity contribution in [3.8, 4) is 0 Å². The molecule has 3 nitrogen and oxygen atoms in total. The van der Waals surface area contributed by atoms with Crippen molar-refractivity contribution in [2.24, 2.45) is 5.92 Å². The van der Waals surface area contributed by atoms with Gasteiger partial charge in [0.2, 0.25) is 0 Å². The van der Waals surface area contributed by atoms with Gasteiger partial charge in [-0.2, -0.15) is 0 Å². The lowest BCUT2D eigenvalue weighted by molar-refractivity contribution is -0.152. The lowest BCUT2D eigenvalue weighted by Gasteiger charge is -2.31. The van der Waals surface area contributed by atoms with Gasteiger partial charge in [-0.1, -0.05) is 30.7 Å². The number of aliphatic carboxylic acids is 1. The molecule has 0 heterocycles. The van der Waals surface area contributed by atoms with Crippen LogP contribution in [0, 0.1) is 19.8 Å². The van der Waals surface area contributed by atoms with Crippen molar-refractivity contribution < 1.29 is 15.0 Å². The number of carboxylic acid groups (broad SMARTS) is 1. The van der Waals surface area contributed by atoms with Gasteiger partial charge in [-0.15, -0.1) is 0 Å². The highest BCUT2D eigenvalue weighted by Gasteiger charge is 2.38. The Kier molecular flexibility index (Phi) is 3.94. The highest BCUT2D eigenvalue weighted by atomic mass is 16.4. The van der Waals surface area contributed by atoms with Crippen LogP contribution in [0.5, 0.6) is 0 Å². The standard InChI is InChI=1S/C14H20O3/c1-5-11(13(15)16)14(4,17)12-7-6-9(2)8-10(12)3/h6-8,11,17H,5H2,1-4H3,(H,15,16). The molecule has 1 aromatic rings. The molecule has 2 unspecified atom stereocenters. The van der Waals surface area contributed by atoms with Gasteiger partial charge in [-0.3, -0.25) is 4.79 Å². The van der Waals surface area contributed by atoms with Crippen molar-refractivity contribution >= 4 is 5.97 Å². The normalized spacial score (nSPS) is 16.3. The zero-order valence-electron chi connectivity index (χ0n) is 10.8. The van der Waals surface area contributed by atoms with E-state index in [1.807, 2.05) is 32.0 Å². The number of hydrogen-bond donors (Lipinski definition) is 2. The van der Waals surface area contributed by atoms with Crippen LogP contribution in [0.15, 0.2) is 18.2 Å². The molecule has 0 saturated carbocycles. The third-order valence-corrected chi connectivity index (χ3v) is 3.31. The number of aliphatic hydroxyl groups is 1. The molecule has 2 atom stereocenters. The SMILES string of the molecule is CCC(C(=O)O)C(C)(O)c1ccc(C)cc1C. The third-order valence-electron chi connectivity index (χ3n) is 3.31. The van der Waals surface area contributed by atoms with E-state index in [0.29, 0.717) is 12.0 Å². The summed E-state index contributed by atoms with van der Waals surface area (Å²) in [5.74, 6) is -1.75. The van der Waals surface area contributed by atoms with Crippen molar-refractivity contribution in [1.82, 2.24) is 0 Å². The maximum Gasteiger partial charge on any atom is 0.309 e. The molecule has 0 aliphatic rings. The fraction of sp³-hybridized carbons (Fsp3) is 0.500. The van der Waals surface area contributed by atoms with E-state index in [1.165, 1.54) is 0 Å². The molecule has 1 rings (SSSR count). The van der Waals surface area contributed by atoms with E-state index in [4.69, 9.17) is 5.11 Å². The first-order chi connectivity index (χ1) is 7.80. The van der Waals surface area contributed by atoms with Gasteiger partial charge in [-0.25, -0.2) is 0 Å². The largest absolute Gasteiger partial charge is 0.481 e. The Bertz CT molecular complexity index is 421. The first-order valence-corrected chi connectivity index (χ1v) is 5.83. The molecule has 0 radical (unpaired) electrons. The molecular formula is C14H20O3. The fourth-order valence-electron chi connectivity index (χ4n) is 2.38. The molecular weight excluding hydrogens is 216 g/mol. The monoisotopic (exact) mass is 236 g/mol. The number of benzene rings is 1. The minimum absolute atomic E-state index is 0.398. The molecule has 17 heavy (non-hydrogen) atoms. The smallest absolute Gasteiger partial charge is 0.309 e. The van der Waals surface area contributed by atoms with Crippen molar-refractivity contribution in [3.05, 3.63) is 34.9 Å². The first kappa shape index (κ1) is 13.7. The maximum absolute atomic E-state index is 11.2. The lowest BCUT2D eigenvalue weighted by Crippen LogP contribution is -2.37. The van der Waals surface area contributed by atoms with Crippen LogP contribution in [0.1, 0.15) is 37.0 Å². The quantitative estimate of drug-likeness (QED) is 0.845. The molecule has 0 amide bonds. The summed E-state index contributed by atoms with van der Waals surface area (Å²) in [5.41, 5.74) is 1.38. The Labute approximate surface area is 102 Å². The highest BCUT2D eigenvalue weighted by Crippen LogP contribution is 2.34. The first-order valence-electron chi connectivity index (χ1n) is 5.83. The molecule has 0 aliphatic heterocycles. The molecule has 0 spiro atoms. The molecule has 3 heteroatoms. The van der Waals surface area contributed by atoms with Crippen LogP contribution >= 0.6 is 0 Å². The molecule has 2 N–H and O–H groups in total. The van der Waals surface area contributed by atoms with Gasteiger partial charge in [-0.05, 0) is 38.3 Å². The number of hydrogen-bond acceptors (Lipinski definition) is 2. The van der Waals surface area contributed by atoms with Crippen LogP contribution in [0.25, 0.3) is 0 Å². The number of rotatable bonds is 4. The summed E-state index contributed by atoms with van der Waals surface area (Å²) >= 11 is 0. The molecule has 0 saturated heterocycles. The van der Waals surface area contributed by atoms with E-state index in [2.05, 4.69) is 0 Å². The van der Waals surface area contributed by atoms with Crippen LogP contribution in [0.2, 0.25) is 0 Å². The summed E-state index contributed by atoms with van der Waals surface area (Å²) in [6, 6.07) is 5.67. The fourth-order valence-corrected chi connectivity index (χ4v) is 2.38. The zero-order chi connectivity index (χ0) is 13.2.